The standard InChI is InChI=1S/C13H24/c1-12(2)10-8-6-5-7-9-11-13(12,3)4/h6,8H,5,7,9-11H2,1-4H3/b8-6-. The van der Waals surface area contributed by atoms with E-state index in [1.54, 1.807) is 0 Å². The molecule has 0 amide bonds. The largest absolute Gasteiger partial charge is 0.0885 e. The number of hydrogen-bond acceptors (Lipinski definition) is 0. The molecule has 0 bridgehead atoms. The van der Waals surface area contributed by atoms with Crippen LogP contribution in [0.5, 0.6) is 0 Å². The molecule has 1 rings (SSSR count). The van der Waals surface area contributed by atoms with Crippen molar-refractivity contribution >= 4 is 0 Å². The zero-order valence-electron chi connectivity index (χ0n) is 9.69. The molecule has 76 valence electrons. The van der Waals surface area contributed by atoms with Crippen LogP contribution in [0.15, 0.2) is 12.2 Å². The Bertz CT molecular complexity index is 184. The van der Waals surface area contributed by atoms with Crippen LogP contribution in [0.4, 0.5) is 0 Å². The predicted molar refractivity (Wildman–Crippen MR) is 59.8 cm³/mol. The molecule has 0 aromatic rings. The van der Waals surface area contributed by atoms with Gasteiger partial charge in [-0.2, -0.15) is 0 Å². The molecule has 0 heteroatoms. The smallest absolute Gasteiger partial charge is 0.0268 e. The Balaban J connectivity index is 2.75. The summed E-state index contributed by atoms with van der Waals surface area (Å²) in [7, 11) is 0. The minimum absolute atomic E-state index is 0.452. The van der Waals surface area contributed by atoms with Gasteiger partial charge in [-0.25, -0.2) is 0 Å². The fourth-order valence-electron chi connectivity index (χ4n) is 1.94. The normalized spacial score (nSPS) is 29.8. The van der Waals surface area contributed by atoms with E-state index < -0.39 is 0 Å². The van der Waals surface area contributed by atoms with E-state index >= 15 is 0 Å². The first-order valence-corrected chi connectivity index (χ1v) is 5.61. The predicted octanol–water partition coefficient (Wildman–Crippen LogP) is 4.56. The molecular formula is C13H24. The van der Waals surface area contributed by atoms with Crippen LogP contribution in [0.25, 0.3) is 0 Å². The van der Waals surface area contributed by atoms with E-state index in [2.05, 4.69) is 39.8 Å². The zero-order valence-corrected chi connectivity index (χ0v) is 9.69. The second kappa shape index (κ2) is 3.86. The molecule has 0 atom stereocenters. The van der Waals surface area contributed by atoms with E-state index in [1.807, 2.05) is 0 Å². The summed E-state index contributed by atoms with van der Waals surface area (Å²) in [5.41, 5.74) is 0.940. The maximum Gasteiger partial charge on any atom is -0.0268 e. The topological polar surface area (TPSA) is 0 Å². The number of rotatable bonds is 0. The second-order valence-electron chi connectivity index (χ2n) is 5.69. The van der Waals surface area contributed by atoms with Crippen molar-refractivity contribution in [3.63, 3.8) is 0 Å². The van der Waals surface area contributed by atoms with Crippen molar-refractivity contribution < 1.29 is 0 Å². The molecule has 0 aromatic heterocycles. The summed E-state index contributed by atoms with van der Waals surface area (Å²) in [5.74, 6) is 0. The van der Waals surface area contributed by atoms with Crippen molar-refractivity contribution in [2.75, 3.05) is 0 Å². The molecule has 0 unspecified atom stereocenters. The van der Waals surface area contributed by atoms with Crippen molar-refractivity contribution in [2.24, 2.45) is 10.8 Å². The molecule has 0 saturated carbocycles. The van der Waals surface area contributed by atoms with Crippen LogP contribution in [0.1, 0.15) is 59.8 Å². The summed E-state index contributed by atoms with van der Waals surface area (Å²) in [5, 5.41) is 0. The summed E-state index contributed by atoms with van der Waals surface area (Å²) in [6.45, 7) is 9.66. The Hall–Kier alpha value is -0.260. The van der Waals surface area contributed by atoms with Gasteiger partial charge in [0.05, 0.1) is 0 Å². The first kappa shape index (κ1) is 10.8. The van der Waals surface area contributed by atoms with Crippen molar-refractivity contribution in [2.45, 2.75) is 59.8 Å². The summed E-state index contributed by atoms with van der Waals surface area (Å²) in [4.78, 5) is 0. The van der Waals surface area contributed by atoms with Crippen LogP contribution >= 0.6 is 0 Å². The maximum absolute atomic E-state index is 2.42. The lowest BCUT2D eigenvalue weighted by molar-refractivity contribution is 0.0993. The molecular weight excluding hydrogens is 156 g/mol. The highest BCUT2D eigenvalue weighted by Crippen LogP contribution is 2.45. The highest BCUT2D eigenvalue weighted by Gasteiger charge is 2.35. The highest BCUT2D eigenvalue weighted by molar-refractivity contribution is 4.95. The van der Waals surface area contributed by atoms with Gasteiger partial charge in [0.15, 0.2) is 0 Å². The Morgan fingerprint density at radius 3 is 2.23 bits per heavy atom. The van der Waals surface area contributed by atoms with Crippen LogP contribution in [-0.4, -0.2) is 0 Å². The lowest BCUT2D eigenvalue weighted by atomic mass is 9.64. The average molecular weight is 180 g/mol. The Morgan fingerprint density at radius 2 is 1.54 bits per heavy atom. The van der Waals surface area contributed by atoms with Crippen molar-refractivity contribution in [1.82, 2.24) is 0 Å². The molecule has 13 heavy (non-hydrogen) atoms. The molecule has 0 heterocycles. The molecule has 0 fully saturated rings. The van der Waals surface area contributed by atoms with E-state index in [0.717, 1.165) is 0 Å². The molecule has 0 aliphatic heterocycles. The van der Waals surface area contributed by atoms with Gasteiger partial charge in [-0.1, -0.05) is 46.3 Å². The molecule has 0 nitrogen and oxygen atoms in total. The molecule has 0 aromatic carbocycles. The van der Waals surface area contributed by atoms with E-state index in [1.165, 1.54) is 32.1 Å². The summed E-state index contributed by atoms with van der Waals surface area (Å²) < 4.78 is 0. The highest BCUT2D eigenvalue weighted by atomic mass is 14.4. The molecule has 1 aliphatic carbocycles. The first-order chi connectivity index (χ1) is 5.96. The lowest BCUT2D eigenvalue weighted by Gasteiger charge is -2.41. The maximum atomic E-state index is 2.42. The fraction of sp³-hybridized carbons (Fsp3) is 0.846. The number of hydrogen-bond donors (Lipinski definition) is 0. The van der Waals surface area contributed by atoms with Crippen molar-refractivity contribution in [3.05, 3.63) is 12.2 Å². The van der Waals surface area contributed by atoms with Crippen LogP contribution in [0.2, 0.25) is 0 Å². The molecule has 0 radical (unpaired) electrons. The quantitative estimate of drug-likeness (QED) is 0.479. The van der Waals surface area contributed by atoms with Gasteiger partial charge in [0.25, 0.3) is 0 Å². The molecule has 1 aliphatic rings. The van der Waals surface area contributed by atoms with Gasteiger partial charge in [0, 0.05) is 0 Å². The fourth-order valence-corrected chi connectivity index (χ4v) is 1.94. The van der Waals surface area contributed by atoms with Crippen molar-refractivity contribution in [3.8, 4) is 0 Å². The third-order valence-corrected chi connectivity index (χ3v) is 4.05. The van der Waals surface area contributed by atoms with Gasteiger partial charge in [-0.15, -0.1) is 0 Å². The Labute approximate surface area is 83.4 Å². The van der Waals surface area contributed by atoms with E-state index in [-0.39, 0.29) is 0 Å². The second-order valence-corrected chi connectivity index (χ2v) is 5.69. The Morgan fingerprint density at radius 1 is 0.846 bits per heavy atom. The summed E-state index contributed by atoms with van der Waals surface area (Å²) in [6.07, 6.45) is 11.4. The van der Waals surface area contributed by atoms with E-state index in [4.69, 9.17) is 0 Å². The van der Waals surface area contributed by atoms with Crippen LogP contribution in [0.3, 0.4) is 0 Å². The van der Waals surface area contributed by atoms with Crippen LogP contribution < -0.4 is 0 Å². The monoisotopic (exact) mass is 180 g/mol. The molecule has 0 saturated heterocycles. The minimum atomic E-state index is 0.452. The van der Waals surface area contributed by atoms with Gasteiger partial charge in [-0.05, 0) is 36.5 Å². The minimum Gasteiger partial charge on any atom is -0.0885 e. The zero-order chi connectivity index (χ0) is 9.95. The van der Waals surface area contributed by atoms with Gasteiger partial charge in [0.2, 0.25) is 0 Å². The molecule has 0 N–H and O–H groups in total. The third kappa shape index (κ3) is 2.59. The summed E-state index contributed by atoms with van der Waals surface area (Å²) in [6, 6.07) is 0. The molecule has 0 spiro atoms. The third-order valence-electron chi connectivity index (χ3n) is 4.05. The van der Waals surface area contributed by atoms with Crippen molar-refractivity contribution in [1.29, 1.82) is 0 Å². The Kier molecular flexibility index (Phi) is 3.21. The lowest BCUT2D eigenvalue weighted by Crippen LogP contribution is -2.31. The van der Waals surface area contributed by atoms with E-state index in [0.29, 0.717) is 10.8 Å². The SMILES string of the molecule is CC1(C)C/C=C\CCCCC1(C)C. The van der Waals surface area contributed by atoms with E-state index in [9.17, 15) is 0 Å². The van der Waals surface area contributed by atoms with Gasteiger partial charge < -0.3 is 0 Å². The summed E-state index contributed by atoms with van der Waals surface area (Å²) >= 11 is 0. The number of allylic oxidation sites excluding steroid dienone is 2. The van der Waals surface area contributed by atoms with Gasteiger partial charge in [-0.3, -0.25) is 0 Å². The van der Waals surface area contributed by atoms with Crippen LogP contribution in [0, 0.1) is 10.8 Å². The van der Waals surface area contributed by atoms with Gasteiger partial charge >= 0.3 is 0 Å². The first-order valence-electron chi connectivity index (χ1n) is 5.61. The van der Waals surface area contributed by atoms with Crippen LogP contribution in [-0.2, 0) is 0 Å². The van der Waals surface area contributed by atoms with Gasteiger partial charge in [0.1, 0.15) is 0 Å². The average Bonchev–Trinajstić information content (AvgIpc) is 2.05.